The number of carbonyl (C=O) groups excluding carboxylic acids is 1. The van der Waals surface area contributed by atoms with E-state index in [4.69, 9.17) is 5.26 Å². The Bertz CT molecular complexity index is 2080. The third kappa shape index (κ3) is 9.28. The van der Waals surface area contributed by atoms with Crippen LogP contribution in [0.15, 0.2) is 96.1 Å². The average molecular weight is 686 g/mol. The molecule has 0 saturated carbocycles. The third-order valence-electron chi connectivity index (χ3n) is 8.21. The molecule has 5 aromatic rings. The highest BCUT2D eigenvalue weighted by molar-refractivity contribution is 5.92. The highest BCUT2D eigenvalue weighted by atomic mass is 16.4. The van der Waals surface area contributed by atoms with Crippen LogP contribution in [0.25, 0.3) is 0 Å². The summed E-state index contributed by atoms with van der Waals surface area (Å²) < 4.78 is 0. The average Bonchev–Trinajstić information content (AvgIpc) is 3.15. The van der Waals surface area contributed by atoms with Gasteiger partial charge in [0.15, 0.2) is 5.69 Å². The number of hydrogen-bond acceptors (Lipinski definition) is 12. The predicted molar refractivity (Wildman–Crippen MR) is 189 cm³/mol. The summed E-state index contributed by atoms with van der Waals surface area (Å²) in [5.41, 5.74) is 3.35. The first kappa shape index (κ1) is 34.2. The second kappa shape index (κ2) is 16.2. The number of carboxylic acid groups (broad SMARTS) is 1. The number of aromatic amines is 1. The third-order valence-corrected chi connectivity index (χ3v) is 8.21. The molecule has 0 unspecified atom stereocenters. The van der Waals surface area contributed by atoms with Gasteiger partial charge < -0.3 is 30.9 Å². The second-order valence-corrected chi connectivity index (χ2v) is 11.9. The largest absolute Gasteiger partial charge is 0.480 e. The quantitative estimate of drug-likeness (QED) is 0.121. The van der Waals surface area contributed by atoms with Crippen molar-refractivity contribution in [3.05, 3.63) is 130 Å². The van der Waals surface area contributed by atoms with E-state index in [1.165, 1.54) is 12.4 Å². The lowest BCUT2D eigenvalue weighted by Gasteiger charge is -2.34. The lowest BCUT2D eigenvalue weighted by molar-refractivity contribution is -0.137. The molecule has 1 aliphatic heterocycles. The normalized spacial score (nSPS) is 13.5. The van der Waals surface area contributed by atoms with Crippen LogP contribution in [0.2, 0.25) is 0 Å². The number of H-pyrrole nitrogens is 1. The number of carbonyl (C=O) groups is 2. The van der Waals surface area contributed by atoms with E-state index in [9.17, 15) is 19.5 Å². The number of anilines is 4. The number of nitrogens with one attached hydrogen (secondary N) is 4. The summed E-state index contributed by atoms with van der Waals surface area (Å²) in [6.07, 6.45) is 2.93. The number of amides is 1. The highest BCUT2D eigenvalue weighted by Gasteiger charge is 2.25. The molecule has 51 heavy (non-hydrogen) atoms. The van der Waals surface area contributed by atoms with Gasteiger partial charge in [0.25, 0.3) is 11.5 Å². The van der Waals surface area contributed by atoms with Crippen molar-refractivity contribution in [2.75, 3.05) is 42.1 Å². The maximum absolute atomic E-state index is 12.8. The van der Waals surface area contributed by atoms with E-state index in [1.54, 1.807) is 29.2 Å². The van der Waals surface area contributed by atoms with Crippen molar-refractivity contribution in [1.29, 1.82) is 5.26 Å². The van der Waals surface area contributed by atoms with Crippen LogP contribution in [0.3, 0.4) is 0 Å². The Morgan fingerprint density at radius 3 is 2.33 bits per heavy atom. The van der Waals surface area contributed by atoms with Crippen LogP contribution in [0.5, 0.6) is 0 Å². The molecule has 6 rings (SSSR count). The number of piperazine rings is 1. The molecular formula is C36H35N11O4. The molecule has 258 valence electrons. The van der Waals surface area contributed by atoms with Gasteiger partial charge in [-0.05, 0) is 41.0 Å². The van der Waals surface area contributed by atoms with Gasteiger partial charge >= 0.3 is 5.97 Å². The molecule has 3 aromatic carbocycles. The van der Waals surface area contributed by atoms with E-state index < -0.39 is 17.6 Å². The maximum Gasteiger partial charge on any atom is 0.326 e. The van der Waals surface area contributed by atoms with Crippen molar-refractivity contribution >= 4 is 35.4 Å². The van der Waals surface area contributed by atoms with Gasteiger partial charge in [0.05, 0.1) is 11.6 Å². The molecule has 1 aliphatic rings. The van der Waals surface area contributed by atoms with E-state index in [1.807, 2.05) is 54.6 Å². The molecule has 0 aliphatic carbocycles. The first-order chi connectivity index (χ1) is 24.8. The summed E-state index contributed by atoms with van der Waals surface area (Å²) in [5, 5.41) is 28.5. The lowest BCUT2D eigenvalue weighted by Crippen LogP contribution is -2.49. The Kier molecular flexibility index (Phi) is 10.8. The summed E-state index contributed by atoms with van der Waals surface area (Å²) in [7, 11) is 0. The minimum Gasteiger partial charge on any atom is -0.480 e. The fourth-order valence-electron chi connectivity index (χ4n) is 5.56. The summed E-state index contributed by atoms with van der Waals surface area (Å²) in [5.74, 6) is -0.941. The van der Waals surface area contributed by atoms with Crippen LogP contribution in [-0.4, -0.2) is 83.9 Å². The Labute approximate surface area is 293 Å². The maximum atomic E-state index is 12.8. The van der Waals surface area contributed by atoms with Gasteiger partial charge in [-0.2, -0.15) is 20.2 Å². The van der Waals surface area contributed by atoms with Crippen molar-refractivity contribution < 1.29 is 14.7 Å². The van der Waals surface area contributed by atoms with Crippen molar-refractivity contribution in [3.63, 3.8) is 0 Å². The van der Waals surface area contributed by atoms with E-state index in [0.717, 1.165) is 16.7 Å². The van der Waals surface area contributed by atoms with Gasteiger partial charge in [-0.25, -0.2) is 9.78 Å². The Morgan fingerprint density at radius 2 is 1.61 bits per heavy atom. The van der Waals surface area contributed by atoms with Gasteiger partial charge in [-0.1, -0.05) is 54.6 Å². The molecule has 1 fully saturated rings. The van der Waals surface area contributed by atoms with Gasteiger partial charge in [0.1, 0.15) is 6.04 Å². The van der Waals surface area contributed by atoms with Crippen LogP contribution in [0.1, 0.15) is 32.7 Å². The summed E-state index contributed by atoms with van der Waals surface area (Å²) in [4.78, 5) is 61.0. The predicted octanol–water partition coefficient (Wildman–Crippen LogP) is 3.25. The van der Waals surface area contributed by atoms with Crippen molar-refractivity contribution in [2.45, 2.75) is 25.6 Å². The van der Waals surface area contributed by atoms with Crippen LogP contribution >= 0.6 is 0 Å². The van der Waals surface area contributed by atoms with Crippen LogP contribution in [0.4, 0.5) is 23.5 Å². The smallest absolute Gasteiger partial charge is 0.326 e. The molecule has 3 heterocycles. The first-order valence-electron chi connectivity index (χ1n) is 16.3. The van der Waals surface area contributed by atoms with Gasteiger partial charge in [0, 0.05) is 63.8 Å². The number of rotatable bonds is 13. The number of benzene rings is 3. The lowest BCUT2D eigenvalue weighted by atomic mass is 10.0. The monoisotopic (exact) mass is 685 g/mol. The Morgan fingerprint density at radius 1 is 0.882 bits per heavy atom. The molecule has 0 bridgehead atoms. The summed E-state index contributed by atoms with van der Waals surface area (Å²) >= 11 is 0. The minimum absolute atomic E-state index is 0.0698. The molecular weight excluding hydrogens is 650 g/mol. The number of hydrogen-bond donors (Lipinski definition) is 5. The van der Waals surface area contributed by atoms with Gasteiger partial charge in [-0.3, -0.25) is 14.5 Å². The number of nitriles is 1. The van der Waals surface area contributed by atoms with Crippen molar-refractivity contribution in [1.82, 2.24) is 34.7 Å². The number of aromatic nitrogens is 5. The van der Waals surface area contributed by atoms with Gasteiger partial charge in [-0.15, -0.1) is 0 Å². The van der Waals surface area contributed by atoms with E-state index in [0.29, 0.717) is 50.5 Å². The Balaban J connectivity index is 1.15. The van der Waals surface area contributed by atoms with Crippen molar-refractivity contribution in [2.24, 2.45) is 0 Å². The molecule has 0 spiro atoms. The van der Waals surface area contributed by atoms with E-state index in [2.05, 4.69) is 51.8 Å². The highest BCUT2D eigenvalue weighted by Crippen LogP contribution is 2.20. The molecule has 1 amide bonds. The molecule has 1 saturated heterocycles. The topological polar surface area (TPSA) is 205 Å². The SMILES string of the molecule is N#Cc1ccc(C[C@H](Nc2nc(NCc3ccccc3)nc(Nc3cccc(CN4CCN(C(=O)c5ncc[nH]c5=O)CC4)c3)n2)C(=O)O)cc1. The molecule has 5 N–H and O–H groups in total. The molecule has 2 aromatic heterocycles. The molecule has 0 radical (unpaired) electrons. The van der Waals surface area contributed by atoms with Gasteiger partial charge in [0.2, 0.25) is 17.8 Å². The number of carboxylic acids is 1. The second-order valence-electron chi connectivity index (χ2n) is 11.9. The summed E-state index contributed by atoms with van der Waals surface area (Å²) in [6, 6.07) is 25.2. The number of aliphatic carboxylic acids is 1. The van der Waals surface area contributed by atoms with Crippen LogP contribution in [0, 0.1) is 11.3 Å². The van der Waals surface area contributed by atoms with Crippen LogP contribution < -0.4 is 21.5 Å². The molecule has 15 nitrogen and oxygen atoms in total. The van der Waals surface area contributed by atoms with E-state index >= 15 is 0 Å². The molecule has 1 atom stereocenters. The summed E-state index contributed by atoms with van der Waals surface area (Å²) in [6.45, 7) is 3.25. The zero-order valence-corrected chi connectivity index (χ0v) is 27.5. The fourth-order valence-corrected chi connectivity index (χ4v) is 5.56. The van der Waals surface area contributed by atoms with E-state index in [-0.39, 0.29) is 35.9 Å². The first-order valence-corrected chi connectivity index (χ1v) is 16.3. The van der Waals surface area contributed by atoms with Crippen molar-refractivity contribution in [3.8, 4) is 6.07 Å². The standard InChI is InChI=1S/C36H35N11O4/c37-21-25-11-9-24(10-12-25)20-29(33(50)51)42-36-44-34(40-22-26-5-2-1-3-6-26)43-35(45-36)41-28-8-4-7-27(19-28)23-46-15-17-47(18-16-46)32(49)30-31(48)39-14-13-38-30/h1-14,19,29H,15-18,20,22-23H2,(H,39,48)(H,50,51)(H3,40,41,42,43,44,45)/t29-/m0/s1. The van der Waals surface area contributed by atoms with Crippen LogP contribution in [-0.2, 0) is 24.3 Å². The Hall–Kier alpha value is -6.66. The fraction of sp³-hybridized carbons (Fsp3) is 0.222. The molecule has 15 heteroatoms. The zero-order chi connectivity index (χ0) is 35.6. The minimum atomic E-state index is -1.09. The zero-order valence-electron chi connectivity index (χ0n) is 27.5. The number of nitrogens with zero attached hydrogens (tertiary/aromatic N) is 7.